The Labute approximate surface area is 138 Å². The topological polar surface area (TPSA) is 39.1 Å². The molecule has 0 spiro atoms. The third-order valence-electron chi connectivity index (χ3n) is 4.68. The van der Waals surface area contributed by atoms with Crippen molar-refractivity contribution in [3.8, 4) is 6.07 Å². The van der Waals surface area contributed by atoms with Gasteiger partial charge in [0.2, 0.25) is 0 Å². The van der Waals surface area contributed by atoms with Gasteiger partial charge in [0.15, 0.2) is 0 Å². The Morgan fingerprint density at radius 1 is 1.00 bits per heavy atom. The fourth-order valence-electron chi connectivity index (χ4n) is 3.47. The smallest absolute Gasteiger partial charge is 0.0641 e. The van der Waals surface area contributed by atoms with Crippen LogP contribution in [-0.2, 0) is 13.0 Å². The minimum Gasteiger partial charge on any atom is -0.314 e. The van der Waals surface area contributed by atoms with Crippen LogP contribution in [-0.4, -0.2) is 30.1 Å². The highest BCUT2D eigenvalue weighted by atomic mass is 15.3. The SMILES string of the molecule is N#CCC1(Cc2ccccc2)CNCCN1Cc1ccccc1. The molecule has 1 aliphatic rings. The normalized spacial score (nSPS) is 21.7. The zero-order valence-electron chi connectivity index (χ0n) is 13.4. The van der Waals surface area contributed by atoms with E-state index in [0.29, 0.717) is 6.42 Å². The summed E-state index contributed by atoms with van der Waals surface area (Å²) in [4.78, 5) is 2.50. The van der Waals surface area contributed by atoms with Crippen molar-refractivity contribution in [2.24, 2.45) is 0 Å². The highest BCUT2D eigenvalue weighted by molar-refractivity contribution is 5.21. The monoisotopic (exact) mass is 305 g/mol. The number of hydrogen-bond acceptors (Lipinski definition) is 3. The van der Waals surface area contributed by atoms with E-state index in [0.717, 1.165) is 32.6 Å². The first-order valence-corrected chi connectivity index (χ1v) is 8.23. The van der Waals surface area contributed by atoms with Crippen molar-refractivity contribution < 1.29 is 0 Å². The standard InChI is InChI=1S/C20H23N3/c21-12-11-20(15-18-7-3-1-4-8-18)17-22-13-14-23(20)16-19-9-5-2-6-10-19/h1-10,22H,11,13-17H2. The second-order valence-corrected chi connectivity index (χ2v) is 6.31. The van der Waals surface area contributed by atoms with Gasteiger partial charge in [0.1, 0.15) is 0 Å². The van der Waals surface area contributed by atoms with Crippen LogP contribution < -0.4 is 5.32 Å². The van der Waals surface area contributed by atoms with Crippen LogP contribution in [0.1, 0.15) is 17.5 Å². The van der Waals surface area contributed by atoms with Gasteiger partial charge in [-0.15, -0.1) is 0 Å². The fourth-order valence-corrected chi connectivity index (χ4v) is 3.47. The minimum atomic E-state index is -0.135. The molecule has 2 aromatic rings. The maximum Gasteiger partial charge on any atom is 0.0641 e. The van der Waals surface area contributed by atoms with Gasteiger partial charge in [-0.3, -0.25) is 4.90 Å². The van der Waals surface area contributed by atoms with Crippen molar-refractivity contribution in [3.05, 3.63) is 71.8 Å². The van der Waals surface area contributed by atoms with E-state index in [1.54, 1.807) is 0 Å². The molecule has 1 heterocycles. The van der Waals surface area contributed by atoms with Crippen LogP contribution in [0.15, 0.2) is 60.7 Å². The lowest BCUT2D eigenvalue weighted by Gasteiger charge is -2.47. The van der Waals surface area contributed by atoms with Crippen LogP contribution in [0.3, 0.4) is 0 Å². The molecule has 0 aromatic heterocycles. The molecule has 1 N–H and O–H groups in total. The van der Waals surface area contributed by atoms with Crippen molar-refractivity contribution in [2.45, 2.75) is 24.9 Å². The van der Waals surface area contributed by atoms with E-state index in [2.05, 4.69) is 64.8 Å². The summed E-state index contributed by atoms with van der Waals surface area (Å²) in [5.74, 6) is 0. The first-order valence-electron chi connectivity index (χ1n) is 8.23. The zero-order chi connectivity index (χ0) is 16.0. The lowest BCUT2D eigenvalue weighted by atomic mass is 9.84. The van der Waals surface area contributed by atoms with Crippen LogP contribution in [0.4, 0.5) is 0 Å². The summed E-state index contributed by atoms with van der Waals surface area (Å²) in [7, 11) is 0. The third-order valence-corrected chi connectivity index (χ3v) is 4.68. The Kier molecular flexibility index (Phi) is 5.07. The van der Waals surface area contributed by atoms with Crippen LogP contribution >= 0.6 is 0 Å². The van der Waals surface area contributed by atoms with E-state index in [9.17, 15) is 5.26 Å². The Morgan fingerprint density at radius 2 is 1.65 bits per heavy atom. The molecule has 3 nitrogen and oxygen atoms in total. The van der Waals surface area contributed by atoms with Crippen molar-refractivity contribution in [3.63, 3.8) is 0 Å². The number of nitrogens with zero attached hydrogens (tertiary/aromatic N) is 2. The van der Waals surface area contributed by atoms with Crippen LogP contribution in [0.5, 0.6) is 0 Å². The Balaban J connectivity index is 1.86. The summed E-state index contributed by atoms with van der Waals surface area (Å²) < 4.78 is 0. The minimum absolute atomic E-state index is 0.135. The average molecular weight is 305 g/mol. The van der Waals surface area contributed by atoms with E-state index in [1.165, 1.54) is 11.1 Å². The highest BCUT2D eigenvalue weighted by Crippen LogP contribution is 2.28. The molecule has 3 rings (SSSR count). The molecule has 1 saturated heterocycles. The molecule has 0 bridgehead atoms. The predicted octanol–water partition coefficient (Wildman–Crippen LogP) is 2.99. The highest BCUT2D eigenvalue weighted by Gasteiger charge is 2.38. The molecule has 0 amide bonds. The molecule has 1 aliphatic heterocycles. The molecule has 23 heavy (non-hydrogen) atoms. The summed E-state index contributed by atoms with van der Waals surface area (Å²) in [6, 6.07) is 23.5. The van der Waals surface area contributed by atoms with Crippen molar-refractivity contribution in [1.82, 2.24) is 10.2 Å². The summed E-state index contributed by atoms with van der Waals surface area (Å²) in [5, 5.41) is 12.9. The van der Waals surface area contributed by atoms with Gasteiger partial charge in [0, 0.05) is 26.2 Å². The van der Waals surface area contributed by atoms with Gasteiger partial charge in [-0.1, -0.05) is 60.7 Å². The molecule has 2 aromatic carbocycles. The van der Waals surface area contributed by atoms with Gasteiger partial charge in [-0.2, -0.15) is 5.26 Å². The average Bonchev–Trinajstić information content (AvgIpc) is 2.59. The molecule has 0 aliphatic carbocycles. The zero-order valence-corrected chi connectivity index (χ0v) is 13.4. The Bertz CT molecular complexity index is 648. The van der Waals surface area contributed by atoms with E-state index in [4.69, 9.17) is 0 Å². The first kappa shape index (κ1) is 15.7. The fraction of sp³-hybridized carbons (Fsp3) is 0.350. The molecule has 1 atom stereocenters. The molecule has 3 heteroatoms. The van der Waals surface area contributed by atoms with Gasteiger partial charge in [-0.05, 0) is 17.5 Å². The summed E-state index contributed by atoms with van der Waals surface area (Å²) in [5.41, 5.74) is 2.47. The summed E-state index contributed by atoms with van der Waals surface area (Å²) >= 11 is 0. The second kappa shape index (κ2) is 7.41. The van der Waals surface area contributed by atoms with E-state index in [1.807, 2.05) is 12.1 Å². The predicted molar refractivity (Wildman–Crippen MR) is 92.8 cm³/mol. The number of piperazine rings is 1. The molecule has 1 unspecified atom stereocenters. The molecule has 0 radical (unpaired) electrons. The first-order chi connectivity index (χ1) is 11.3. The number of nitriles is 1. The molecular formula is C20H23N3. The van der Waals surface area contributed by atoms with Crippen molar-refractivity contribution in [1.29, 1.82) is 5.26 Å². The quantitative estimate of drug-likeness (QED) is 0.923. The van der Waals surface area contributed by atoms with Gasteiger partial charge in [0.05, 0.1) is 18.0 Å². The van der Waals surface area contributed by atoms with Crippen LogP contribution in [0, 0.1) is 11.3 Å². The Morgan fingerprint density at radius 3 is 2.30 bits per heavy atom. The second-order valence-electron chi connectivity index (χ2n) is 6.31. The molecule has 0 saturated carbocycles. The summed E-state index contributed by atoms with van der Waals surface area (Å²) in [6.07, 6.45) is 1.45. The molecular weight excluding hydrogens is 282 g/mol. The maximum absolute atomic E-state index is 9.44. The van der Waals surface area contributed by atoms with Gasteiger partial charge in [-0.25, -0.2) is 0 Å². The van der Waals surface area contributed by atoms with Crippen molar-refractivity contribution >= 4 is 0 Å². The molecule has 118 valence electrons. The largest absolute Gasteiger partial charge is 0.314 e. The van der Waals surface area contributed by atoms with Crippen LogP contribution in [0.2, 0.25) is 0 Å². The van der Waals surface area contributed by atoms with Gasteiger partial charge >= 0.3 is 0 Å². The lowest BCUT2D eigenvalue weighted by molar-refractivity contribution is 0.0551. The van der Waals surface area contributed by atoms with Gasteiger partial charge in [0.25, 0.3) is 0 Å². The number of rotatable bonds is 5. The van der Waals surface area contributed by atoms with Gasteiger partial charge < -0.3 is 5.32 Å². The maximum atomic E-state index is 9.44. The number of benzene rings is 2. The third kappa shape index (κ3) is 3.79. The Hall–Kier alpha value is -2.15. The van der Waals surface area contributed by atoms with Crippen molar-refractivity contribution in [2.75, 3.05) is 19.6 Å². The number of nitrogens with one attached hydrogen (secondary N) is 1. The van der Waals surface area contributed by atoms with Crippen LogP contribution in [0.25, 0.3) is 0 Å². The van der Waals surface area contributed by atoms with E-state index < -0.39 is 0 Å². The lowest BCUT2D eigenvalue weighted by Crippen LogP contribution is -2.61. The number of hydrogen-bond donors (Lipinski definition) is 1. The molecule has 1 fully saturated rings. The van der Waals surface area contributed by atoms with E-state index >= 15 is 0 Å². The summed E-state index contributed by atoms with van der Waals surface area (Å²) in [6.45, 7) is 3.72. The van der Waals surface area contributed by atoms with E-state index in [-0.39, 0.29) is 5.54 Å².